The molecule has 2 heterocycles. The Hall–Kier alpha value is -0.710. The van der Waals surface area contributed by atoms with Crippen LogP contribution in [0.15, 0.2) is 6.07 Å². The normalized spacial score (nSPS) is 23.6. The number of piperazine rings is 1. The highest BCUT2D eigenvalue weighted by Gasteiger charge is 2.30. The van der Waals surface area contributed by atoms with Gasteiger partial charge in [-0.25, -0.2) is 18.4 Å². The Labute approximate surface area is 167 Å². The summed E-state index contributed by atoms with van der Waals surface area (Å²) >= 11 is 0. The zero-order valence-electron chi connectivity index (χ0n) is 15.0. The predicted octanol–water partition coefficient (Wildman–Crippen LogP) is 0.753. The quantitative estimate of drug-likeness (QED) is 0.739. The SMILES string of the molecule is COCc1nc(C2CC(N)C2)cc(N2CCN(S(C)(=O)=O)CC2)n1.Cl.Cl. The minimum atomic E-state index is -3.13. The van der Waals surface area contributed by atoms with Crippen LogP contribution < -0.4 is 10.6 Å². The lowest BCUT2D eigenvalue weighted by atomic mass is 9.78. The summed E-state index contributed by atoms with van der Waals surface area (Å²) in [7, 11) is -1.51. The van der Waals surface area contributed by atoms with Gasteiger partial charge in [-0.05, 0) is 12.8 Å². The third-order valence-electron chi connectivity index (χ3n) is 4.68. The molecule has 2 fully saturated rings. The van der Waals surface area contributed by atoms with E-state index in [0.29, 0.717) is 44.5 Å². The number of sulfonamides is 1. The van der Waals surface area contributed by atoms with Crippen molar-refractivity contribution in [3.63, 3.8) is 0 Å². The summed E-state index contributed by atoms with van der Waals surface area (Å²) in [6.45, 7) is 2.57. The van der Waals surface area contributed by atoms with Gasteiger partial charge in [0, 0.05) is 57.0 Å². The first kappa shape index (κ1) is 23.3. The Morgan fingerprint density at radius 2 is 1.81 bits per heavy atom. The predicted molar refractivity (Wildman–Crippen MR) is 106 cm³/mol. The molecule has 0 bridgehead atoms. The van der Waals surface area contributed by atoms with Crippen LogP contribution in [0.3, 0.4) is 0 Å². The molecule has 0 atom stereocenters. The van der Waals surface area contributed by atoms with Crippen LogP contribution >= 0.6 is 24.8 Å². The molecule has 1 aliphatic heterocycles. The molecule has 1 saturated heterocycles. The lowest BCUT2D eigenvalue weighted by Gasteiger charge is -2.35. The fourth-order valence-electron chi connectivity index (χ4n) is 3.22. The Bertz CT molecular complexity index is 693. The van der Waals surface area contributed by atoms with Crippen molar-refractivity contribution in [2.24, 2.45) is 5.73 Å². The molecule has 8 nitrogen and oxygen atoms in total. The number of hydrogen-bond donors (Lipinski definition) is 1. The fraction of sp³-hybridized carbons (Fsp3) is 0.733. The Balaban J connectivity index is 0.00000169. The largest absolute Gasteiger partial charge is 0.377 e. The van der Waals surface area contributed by atoms with Gasteiger partial charge in [0.25, 0.3) is 0 Å². The van der Waals surface area contributed by atoms with Gasteiger partial charge in [-0.1, -0.05) is 0 Å². The maximum Gasteiger partial charge on any atom is 0.211 e. The molecule has 2 aliphatic rings. The second kappa shape index (κ2) is 9.48. The van der Waals surface area contributed by atoms with Crippen molar-refractivity contribution >= 4 is 40.7 Å². The van der Waals surface area contributed by atoms with Crippen LogP contribution in [0.5, 0.6) is 0 Å². The zero-order chi connectivity index (χ0) is 17.3. The average molecular weight is 428 g/mol. The number of anilines is 1. The topological polar surface area (TPSA) is 102 Å². The average Bonchev–Trinajstić information content (AvgIpc) is 2.51. The number of nitrogens with two attached hydrogens (primary N) is 1. The van der Waals surface area contributed by atoms with Gasteiger partial charge in [0.05, 0.1) is 6.26 Å². The van der Waals surface area contributed by atoms with Crippen molar-refractivity contribution in [2.45, 2.75) is 31.4 Å². The summed E-state index contributed by atoms with van der Waals surface area (Å²) in [4.78, 5) is 11.3. The molecule has 1 saturated carbocycles. The van der Waals surface area contributed by atoms with Crippen LogP contribution in [0.25, 0.3) is 0 Å². The van der Waals surface area contributed by atoms with Crippen LogP contribution in [0.2, 0.25) is 0 Å². The minimum Gasteiger partial charge on any atom is -0.377 e. The van der Waals surface area contributed by atoms with E-state index >= 15 is 0 Å². The van der Waals surface area contributed by atoms with Crippen LogP contribution in [0, 0.1) is 0 Å². The summed E-state index contributed by atoms with van der Waals surface area (Å²) in [5.74, 6) is 1.89. The van der Waals surface area contributed by atoms with Crippen LogP contribution in [0.1, 0.15) is 30.3 Å². The molecule has 0 amide bonds. The molecule has 2 N–H and O–H groups in total. The summed E-state index contributed by atoms with van der Waals surface area (Å²) in [6, 6.07) is 2.28. The molecule has 26 heavy (non-hydrogen) atoms. The van der Waals surface area contributed by atoms with E-state index in [9.17, 15) is 8.42 Å². The van der Waals surface area contributed by atoms with E-state index in [4.69, 9.17) is 10.5 Å². The third kappa shape index (κ3) is 5.40. The first-order valence-corrected chi connectivity index (χ1v) is 10.0. The first-order valence-electron chi connectivity index (χ1n) is 8.19. The molecular weight excluding hydrogens is 401 g/mol. The van der Waals surface area contributed by atoms with Gasteiger partial charge in [0.15, 0.2) is 5.82 Å². The molecule has 150 valence electrons. The fourth-order valence-corrected chi connectivity index (χ4v) is 4.05. The Morgan fingerprint density at radius 1 is 1.19 bits per heavy atom. The van der Waals surface area contributed by atoms with E-state index in [1.165, 1.54) is 10.6 Å². The van der Waals surface area contributed by atoms with E-state index in [2.05, 4.69) is 14.9 Å². The van der Waals surface area contributed by atoms with Crippen molar-refractivity contribution < 1.29 is 13.2 Å². The summed E-state index contributed by atoms with van der Waals surface area (Å²) < 4.78 is 30.0. The first-order chi connectivity index (χ1) is 11.4. The van der Waals surface area contributed by atoms with E-state index in [0.717, 1.165) is 24.4 Å². The minimum absolute atomic E-state index is 0. The molecule has 0 unspecified atom stereocenters. The number of rotatable bonds is 5. The Kier molecular flexibility index (Phi) is 8.50. The van der Waals surface area contributed by atoms with Crippen LogP contribution in [-0.4, -0.2) is 68.3 Å². The van der Waals surface area contributed by atoms with Crippen LogP contribution in [-0.2, 0) is 21.4 Å². The lowest BCUT2D eigenvalue weighted by molar-refractivity contribution is 0.177. The molecular formula is C15H27Cl2N5O3S. The van der Waals surface area contributed by atoms with Gasteiger partial charge in [-0.3, -0.25) is 0 Å². The van der Waals surface area contributed by atoms with Crippen molar-refractivity contribution in [3.8, 4) is 0 Å². The number of halogens is 2. The van der Waals surface area contributed by atoms with Gasteiger partial charge in [-0.15, -0.1) is 24.8 Å². The van der Waals surface area contributed by atoms with Crippen molar-refractivity contribution in [1.29, 1.82) is 0 Å². The van der Waals surface area contributed by atoms with Crippen LogP contribution in [0.4, 0.5) is 5.82 Å². The summed E-state index contributed by atoms with van der Waals surface area (Å²) in [6.07, 6.45) is 3.15. The zero-order valence-corrected chi connectivity index (χ0v) is 17.4. The molecule has 0 spiro atoms. The molecule has 0 radical (unpaired) electrons. The van der Waals surface area contributed by atoms with Crippen molar-refractivity contribution in [3.05, 3.63) is 17.6 Å². The van der Waals surface area contributed by atoms with Gasteiger partial charge in [0.2, 0.25) is 10.0 Å². The highest BCUT2D eigenvalue weighted by Crippen LogP contribution is 2.35. The maximum atomic E-state index is 11.6. The highest BCUT2D eigenvalue weighted by molar-refractivity contribution is 7.88. The van der Waals surface area contributed by atoms with Gasteiger partial charge >= 0.3 is 0 Å². The summed E-state index contributed by atoms with van der Waals surface area (Å²) in [5.41, 5.74) is 6.91. The lowest BCUT2D eigenvalue weighted by Crippen LogP contribution is -2.48. The highest BCUT2D eigenvalue weighted by atomic mass is 35.5. The summed E-state index contributed by atoms with van der Waals surface area (Å²) in [5, 5.41) is 0. The number of nitrogens with zero attached hydrogens (tertiary/aromatic N) is 4. The van der Waals surface area contributed by atoms with Gasteiger partial charge in [0.1, 0.15) is 12.4 Å². The number of methoxy groups -OCH3 is 1. The number of ether oxygens (including phenoxy) is 1. The molecule has 0 aromatic carbocycles. The van der Waals surface area contributed by atoms with E-state index < -0.39 is 10.0 Å². The van der Waals surface area contributed by atoms with E-state index in [1.807, 2.05) is 6.07 Å². The van der Waals surface area contributed by atoms with Crippen molar-refractivity contribution in [2.75, 3.05) is 44.4 Å². The second-order valence-corrected chi connectivity index (χ2v) is 8.56. The standard InChI is InChI=1S/C15H25N5O3S.2ClH/c1-23-10-14-17-13(11-7-12(16)8-11)9-15(18-14)19-3-5-20(6-4-19)24(2,21)22;;/h9,11-12H,3-8,10,16H2,1-2H3;2*1H. The molecule has 3 rings (SSSR count). The number of hydrogen-bond acceptors (Lipinski definition) is 7. The molecule has 1 aliphatic carbocycles. The molecule has 1 aromatic rings. The Morgan fingerprint density at radius 3 is 2.31 bits per heavy atom. The van der Waals surface area contributed by atoms with Gasteiger partial charge in [-0.2, -0.15) is 4.31 Å². The smallest absolute Gasteiger partial charge is 0.211 e. The maximum absolute atomic E-state index is 11.6. The second-order valence-electron chi connectivity index (χ2n) is 6.58. The van der Waals surface area contributed by atoms with Crippen molar-refractivity contribution in [1.82, 2.24) is 14.3 Å². The van der Waals surface area contributed by atoms with Gasteiger partial charge < -0.3 is 15.4 Å². The monoisotopic (exact) mass is 427 g/mol. The molecule has 11 heteroatoms. The van der Waals surface area contributed by atoms with E-state index in [-0.39, 0.29) is 30.9 Å². The third-order valence-corrected chi connectivity index (χ3v) is 5.98. The van der Waals surface area contributed by atoms with E-state index in [1.54, 1.807) is 7.11 Å². The molecule has 1 aromatic heterocycles. The number of aromatic nitrogens is 2.